The topological polar surface area (TPSA) is 42.7 Å². The summed E-state index contributed by atoms with van der Waals surface area (Å²) in [6, 6.07) is 10.3. The summed E-state index contributed by atoms with van der Waals surface area (Å²) in [7, 11) is 0. The van der Waals surface area contributed by atoms with Gasteiger partial charge < -0.3 is 5.32 Å². The molecule has 0 unspecified atom stereocenters. The van der Waals surface area contributed by atoms with E-state index in [4.69, 9.17) is 11.6 Å². The molecule has 0 spiro atoms. The third kappa shape index (κ3) is 2.53. The zero-order valence-corrected chi connectivity index (χ0v) is 13.2. The van der Waals surface area contributed by atoms with Crippen molar-refractivity contribution in [2.45, 2.75) is 18.5 Å². The fraction of sp³-hybridized carbons (Fsp3) is 0.176. The maximum atomic E-state index is 14.4. The summed E-state index contributed by atoms with van der Waals surface area (Å²) in [6.07, 6.45) is 1.93. The SMILES string of the molecule is Fc1ccc([C@@H]2C[C@H](c3c(F)cccc3Cl)n3ncnc3N2)cc1. The van der Waals surface area contributed by atoms with Crippen molar-refractivity contribution < 1.29 is 8.78 Å². The minimum absolute atomic E-state index is 0.150. The lowest BCUT2D eigenvalue weighted by Gasteiger charge is -2.32. The van der Waals surface area contributed by atoms with E-state index in [1.165, 1.54) is 24.5 Å². The summed E-state index contributed by atoms with van der Waals surface area (Å²) in [5.41, 5.74) is 1.28. The van der Waals surface area contributed by atoms with Crippen LogP contribution in [0.3, 0.4) is 0 Å². The molecule has 0 fully saturated rings. The molecular formula is C17H13ClF2N4. The first-order valence-electron chi connectivity index (χ1n) is 7.49. The number of hydrogen-bond acceptors (Lipinski definition) is 3. The van der Waals surface area contributed by atoms with Gasteiger partial charge in [-0.2, -0.15) is 10.1 Å². The van der Waals surface area contributed by atoms with Gasteiger partial charge in [0.05, 0.1) is 12.1 Å². The van der Waals surface area contributed by atoms with E-state index >= 15 is 0 Å². The average molecular weight is 347 g/mol. The third-order valence-electron chi connectivity index (χ3n) is 4.24. The number of halogens is 3. The van der Waals surface area contributed by atoms with Crippen molar-refractivity contribution in [1.29, 1.82) is 0 Å². The molecule has 0 bridgehead atoms. The van der Waals surface area contributed by atoms with Crippen LogP contribution < -0.4 is 5.32 Å². The van der Waals surface area contributed by atoms with Gasteiger partial charge in [0.15, 0.2) is 0 Å². The van der Waals surface area contributed by atoms with Crippen LogP contribution in [0.1, 0.15) is 29.6 Å². The maximum absolute atomic E-state index is 14.4. The van der Waals surface area contributed by atoms with E-state index in [9.17, 15) is 8.78 Å². The van der Waals surface area contributed by atoms with Gasteiger partial charge in [0, 0.05) is 10.6 Å². The molecule has 1 aliphatic rings. The predicted molar refractivity (Wildman–Crippen MR) is 87.0 cm³/mol. The molecule has 0 amide bonds. The monoisotopic (exact) mass is 346 g/mol. The molecule has 4 nitrogen and oxygen atoms in total. The van der Waals surface area contributed by atoms with Crippen molar-refractivity contribution in [2.24, 2.45) is 0 Å². The Bertz CT molecular complexity index is 858. The molecule has 2 heterocycles. The van der Waals surface area contributed by atoms with Crippen LogP contribution in [-0.4, -0.2) is 14.8 Å². The van der Waals surface area contributed by atoms with Gasteiger partial charge in [-0.3, -0.25) is 0 Å². The maximum Gasteiger partial charge on any atom is 0.222 e. The van der Waals surface area contributed by atoms with Crippen molar-refractivity contribution >= 4 is 17.5 Å². The van der Waals surface area contributed by atoms with E-state index in [1.54, 1.807) is 28.9 Å². The van der Waals surface area contributed by atoms with E-state index in [0.717, 1.165) is 5.56 Å². The largest absolute Gasteiger partial charge is 0.348 e. The Labute approximate surface area is 142 Å². The number of anilines is 1. The Morgan fingerprint density at radius 3 is 2.67 bits per heavy atom. The van der Waals surface area contributed by atoms with E-state index in [0.29, 0.717) is 23.0 Å². The Morgan fingerprint density at radius 1 is 1.12 bits per heavy atom. The zero-order valence-electron chi connectivity index (χ0n) is 12.5. The van der Waals surface area contributed by atoms with Crippen molar-refractivity contribution in [3.8, 4) is 0 Å². The van der Waals surface area contributed by atoms with Crippen LogP contribution in [0.2, 0.25) is 5.02 Å². The molecule has 24 heavy (non-hydrogen) atoms. The summed E-state index contributed by atoms with van der Waals surface area (Å²) in [6.45, 7) is 0. The first kappa shape index (κ1) is 15.1. The van der Waals surface area contributed by atoms with Gasteiger partial charge in [0.2, 0.25) is 5.95 Å². The Hall–Kier alpha value is -2.47. The predicted octanol–water partition coefficient (Wildman–Crippen LogP) is 4.36. The van der Waals surface area contributed by atoms with Gasteiger partial charge in [-0.1, -0.05) is 29.8 Å². The lowest BCUT2D eigenvalue weighted by Crippen LogP contribution is -2.28. The fourth-order valence-electron chi connectivity index (χ4n) is 3.10. The zero-order chi connectivity index (χ0) is 16.7. The molecule has 0 radical (unpaired) electrons. The molecule has 7 heteroatoms. The fourth-order valence-corrected chi connectivity index (χ4v) is 3.39. The summed E-state index contributed by atoms with van der Waals surface area (Å²) >= 11 is 6.24. The van der Waals surface area contributed by atoms with Crippen LogP contribution in [0.25, 0.3) is 0 Å². The standard InChI is InChI=1S/C17H13ClF2N4/c18-12-2-1-3-13(20)16(12)15-8-14(10-4-6-11(19)7-5-10)23-17-21-9-22-24(15)17/h1-7,9,14-15H,8H2,(H,21,22,23)/t14-,15+/m0/s1. The molecule has 1 N–H and O–H groups in total. The summed E-state index contributed by atoms with van der Waals surface area (Å²) < 4.78 is 29.2. The second-order valence-electron chi connectivity index (χ2n) is 5.66. The minimum Gasteiger partial charge on any atom is -0.348 e. The van der Waals surface area contributed by atoms with E-state index in [1.807, 2.05) is 0 Å². The highest BCUT2D eigenvalue weighted by molar-refractivity contribution is 6.31. The van der Waals surface area contributed by atoms with Gasteiger partial charge in [0.25, 0.3) is 0 Å². The minimum atomic E-state index is -0.396. The second-order valence-corrected chi connectivity index (χ2v) is 6.07. The van der Waals surface area contributed by atoms with Gasteiger partial charge >= 0.3 is 0 Å². The highest BCUT2D eigenvalue weighted by atomic mass is 35.5. The van der Waals surface area contributed by atoms with Crippen molar-refractivity contribution in [2.75, 3.05) is 5.32 Å². The van der Waals surface area contributed by atoms with Crippen molar-refractivity contribution in [3.05, 3.63) is 76.6 Å². The normalized spacial score (nSPS) is 19.6. The summed E-state index contributed by atoms with van der Waals surface area (Å²) in [5, 5.41) is 7.80. The van der Waals surface area contributed by atoms with Crippen LogP contribution >= 0.6 is 11.6 Å². The van der Waals surface area contributed by atoms with Crippen molar-refractivity contribution in [1.82, 2.24) is 14.8 Å². The lowest BCUT2D eigenvalue weighted by molar-refractivity contribution is 0.415. The van der Waals surface area contributed by atoms with Gasteiger partial charge in [0.1, 0.15) is 18.0 Å². The molecule has 1 aliphatic heterocycles. The molecule has 0 aliphatic carbocycles. The Kier molecular flexibility index (Phi) is 3.69. The number of benzene rings is 2. The number of hydrogen-bond donors (Lipinski definition) is 1. The van der Waals surface area contributed by atoms with Crippen LogP contribution in [0, 0.1) is 11.6 Å². The van der Waals surface area contributed by atoms with Crippen molar-refractivity contribution in [3.63, 3.8) is 0 Å². The molecule has 122 valence electrons. The molecule has 1 aromatic heterocycles. The molecule has 0 saturated heterocycles. The number of aromatic nitrogens is 3. The number of fused-ring (bicyclic) bond motifs is 1. The average Bonchev–Trinajstić information content (AvgIpc) is 3.04. The van der Waals surface area contributed by atoms with E-state index < -0.39 is 6.04 Å². The number of nitrogens with one attached hydrogen (secondary N) is 1. The van der Waals surface area contributed by atoms with E-state index in [-0.39, 0.29) is 17.7 Å². The molecular weight excluding hydrogens is 334 g/mol. The van der Waals surface area contributed by atoms with Gasteiger partial charge in [-0.05, 0) is 36.2 Å². The molecule has 2 atom stereocenters. The van der Waals surface area contributed by atoms with E-state index in [2.05, 4.69) is 15.4 Å². The van der Waals surface area contributed by atoms with Crippen LogP contribution in [-0.2, 0) is 0 Å². The van der Waals surface area contributed by atoms with Crippen LogP contribution in [0.5, 0.6) is 0 Å². The smallest absolute Gasteiger partial charge is 0.222 e. The van der Waals surface area contributed by atoms with Gasteiger partial charge in [-0.15, -0.1) is 0 Å². The summed E-state index contributed by atoms with van der Waals surface area (Å²) in [5.74, 6) is -0.153. The third-order valence-corrected chi connectivity index (χ3v) is 4.57. The first-order valence-corrected chi connectivity index (χ1v) is 7.86. The molecule has 2 aromatic carbocycles. The first-order chi connectivity index (χ1) is 11.6. The Morgan fingerprint density at radius 2 is 1.92 bits per heavy atom. The van der Waals surface area contributed by atoms with Crippen LogP contribution in [0.15, 0.2) is 48.8 Å². The van der Waals surface area contributed by atoms with Crippen LogP contribution in [0.4, 0.5) is 14.7 Å². The molecule has 0 saturated carbocycles. The molecule has 3 aromatic rings. The lowest BCUT2D eigenvalue weighted by atomic mass is 9.93. The highest BCUT2D eigenvalue weighted by Crippen LogP contribution is 2.40. The highest BCUT2D eigenvalue weighted by Gasteiger charge is 2.32. The second kappa shape index (κ2) is 5.87. The number of nitrogens with zero attached hydrogens (tertiary/aromatic N) is 3. The quantitative estimate of drug-likeness (QED) is 0.750. The Balaban J connectivity index is 1.78. The molecule has 4 rings (SSSR count). The number of rotatable bonds is 2. The van der Waals surface area contributed by atoms with Gasteiger partial charge in [-0.25, -0.2) is 13.5 Å². The summed E-state index contributed by atoms with van der Waals surface area (Å²) in [4.78, 5) is 4.19.